The molecule has 0 radical (unpaired) electrons. The van der Waals surface area contributed by atoms with E-state index in [1.807, 2.05) is 0 Å². The Labute approximate surface area is 210 Å². The highest BCUT2D eigenvalue weighted by Crippen LogP contribution is 2.38. The van der Waals surface area contributed by atoms with Crippen molar-refractivity contribution >= 4 is 17.5 Å². The number of hydrogen-bond acceptors (Lipinski definition) is 4. The Morgan fingerprint density at radius 2 is 1.68 bits per heavy atom. The number of alkyl halides is 3. The minimum Gasteiger partial charge on any atom is -0.496 e. The average Bonchev–Trinajstić information content (AvgIpc) is 3.33. The Morgan fingerprint density at radius 1 is 1.03 bits per heavy atom. The molecule has 0 N–H and O–H groups in total. The molecule has 10 heteroatoms. The summed E-state index contributed by atoms with van der Waals surface area (Å²) in [5.41, 5.74) is 0.396. The fourth-order valence-electron chi connectivity index (χ4n) is 4.15. The van der Waals surface area contributed by atoms with Crippen LogP contribution in [0.15, 0.2) is 77.9 Å². The van der Waals surface area contributed by atoms with E-state index in [1.54, 1.807) is 42.5 Å². The summed E-state index contributed by atoms with van der Waals surface area (Å²) >= 11 is 0. The third kappa shape index (κ3) is 5.47. The Balaban J connectivity index is 1.60. The zero-order chi connectivity index (χ0) is 26.7. The van der Waals surface area contributed by atoms with Crippen molar-refractivity contribution in [1.82, 2.24) is 9.91 Å². The summed E-state index contributed by atoms with van der Waals surface area (Å²) < 4.78 is 58.5. The lowest BCUT2D eigenvalue weighted by molar-refractivity contribution is -0.137. The highest BCUT2D eigenvalue weighted by molar-refractivity contribution is 6.04. The number of rotatable bonds is 6. The lowest BCUT2D eigenvalue weighted by Gasteiger charge is -2.26. The third-order valence-corrected chi connectivity index (χ3v) is 6.03. The van der Waals surface area contributed by atoms with Crippen LogP contribution in [0.1, 0.15) is 39.5 Å². The number of nitrogens with zero attached hydrogens (tertiary/aromatic N) is 3. The van der Waals surface area contributed by atoms with Gasteiger partial charge in [-0.15, -0.1) is 0 Å². The normalized spacial score (nSPS) is 15.4. The molecule has 0 spiro atoms. The van der Waals surface area contributed by atoms with Crippen molar-refractivity contribution in [1.29, 1.82) is 0 Å². The maximum atomic E-state index is 14.5. The fourth-order valence-corrected chi connectivity index (χ4v) is 4.15. The summed E-state index contributed by atoms with van der Waals surface area (Å²) in [5, 5.41) is 5.62. The van der Waals surface area contributed by atoms with Crippen molar-refractivity contribution in [2.45, 2.75) is 18.6 Å². The van der Waals surface area contributed by atoms with Gasteiger partial charge in [0.25, 0.3) is 11.8 Å². The van der Waals surface area contributed by atoms with Crippen molar-refractivity contribution in [2.24, 2.45) is 5.10 Å². The molecule has 6 nitrogen and oxygen atoms in total. The number of hydrogen-bond donors (Lipinski definition) is 0. The molecule has 0 bridgehead atoms. The minimum atomic E-state index is -4.53. The second-order valence-corrected chi connectivity index (χ2v) is 8.46. The molecule has 192 valence electrons. The molecule has 1 aliphatic heterocycles. The summed E-state index contributed by atoms with van der Waals surface area (Å²) in [7, 11) is 2.86. The second kappa shape index (κ2) is 10.4. The van der Waals surface area contributed by atoms with E-state index in [1.165, 1.54) is 25.2 Å². The van der Waals surface area contributed by atoms with E-state index >= 15 is 0 Å². The summed E-state index contributed by atoms with van der Waals surface area (Å²) in [5.74, 6) is -1.15. The molecule has 0 saturated heterocycles. The zero-order valence-corrected chi connectivity index (χ0v) is 20.0. The van der Waals surface area contributed by atoms with E-state index in [2.05, 4.69) is 5.10 Å². The highest BCUT2D eigenvalue weighted by atomic mass is 19.4. The lowest BCUT2D eigenvalue weighted by Crippen LogP contribution is -2.39. The monoisotopic (exact) mass is 513 g/mol. The van der Waals surface area contributed by atoms with E-state index in [4.69, 9.17) is 4.74 Å². The molecule has 1 unspecified atom stereocenters. The number of carbonyl (C=O) groups is 2. The topological polar surface area (TPSA) is 62.2 Å². The molecule has 2 amide bonds. The molecular formula is C27H23F4N3O3. The minimum absolute atomic E-state index is 0.00143. The summed E-state index contributed by atoms with van der Waals surface area (Å²) in [4.78, 5) is 27.3. The van der Waals surface area contributed by atoms with Gasteiger partial charge in [-0.2, -0.15) is 18.3 Å². The number of methoxy groups -OCH3 is 1. The van der Waals surface area contributed by atoms with Gasteiger partial charge in [0.05, 0.1) is 24.4 Å². The van der Waals surface area contributed by atoms with E-state index < -0.39 is 42.0 Å². The zero-order valence-electron chi connectivity index (χ0n) is 20.0. The van der Waals surface area contributed by atoms with Gasteiger partial charge in [0.2, 0.25) is 0 Å². The second-order valence-electron chi connectivity index (χ2n) is 8.46. The predicted molar refractivity (Wildman–Crippen MR) is 129 cm³/mol. The number of likely N-dealkylation sites (N-methyl/N-ethyl adjacent to an activating group) is 1. The van der Waals surface area contributed by atoms with Gasteiger partial charge in [0.15, 0.2) is 0 Å². The van der Waals surface area contributed by atoms with Crippen LogP contribution in [-0.2, 0) is 11.0 Å². The summed E-state index contributed by atoms with van der Waals surface area (Å²) in [6.45, 7) is -0.403. The lowest BCUT2D eigenvalue weighted by atomic mass is 9.97. The summed E-state index contributed by atoms with van der Waals surface area (Å²) in [6.07, 6.45) is -4.32. The van der Waals surface area contributed by atoms with E-state index in [0.717, 1.165) is 29.2 Å². The average molecular weight is 513 g/mol. The van der Waals surface area contributed by atoms with Crippen LogP contribution in [0.2, 0.25) is 0 Å². The number of carbonyl (C=O) groups excluding carboxylic acids is 2. The Morgan fingerprint density at radius 3 is 2.32 bits per heavy atom. The van der Waals surface area contributed by atoms with Crippen molar-refractivity contribution < 1.29 is 31.9 Å². The largest absolute Gasteiger partial charge is 0.496 e. The van der Waals surface area contributed by atoms with Crippen LogP contribution in [0.5, 0.6) is 5.75 Å². The Bertz CT molecular complexity index is 1340. The van der Waals surface area contributed by atoms with Crippen LogP contribution in [0.4, 0.5) is 17.6 Å². The number of benzene rings is 3. The van der Waals surface area contributed by atoms with Crippen LogP contribution in [-0.4, -0.2) is 48.1 Å². The van der Waals surface area contributed by atoms with Crippen LogP contribution in [0.25, 0.3) is 0 Å². The van der Waals surface area contributed by atoms with Crippen LogP contribution in [0, 0.1) is 5.82 Å². The van der Waals surface area contributed by atoms with Crippen LogP contribution < -0.4 is 4.74 Å². The maximum absolute atomic E-state index is 14.5. The first kappa shape index (κ1) is 25.9. The first-order valence-electron chi connectivity index (χ1n) is 11.3. The Hall–Kier alpha value is -4.21. The van der Waals surface area contributed by atoms with Gasteiger partial charge < -0.3 is 9.64 Å². The van der Waals surface area contributed by atoms with E-state index in [9.17, 15) is 27.2 Å². The number of para-hydroxylation sites is 1. The molecule has 1 atom stereocenters. The van der Waals surface area contributed by atoms with Gasteiger partial charge in [-0.1, -0.05) is 36.4 Å². The SMILES string of the molecule is COc1ccccc1C1CC(c2ccccc2F)=NN1C(=O)CN(C)C(=O)c1ccc(C(F)(F)F)cc1. The van der Waals surface area contributed by atoms with Crippen molar-refractivity contribution in [3.63, 3.8) is 0 Å². The van der Waals surface area contributed by atoms with E-state index in [0.29, 0.717) is 17.0 Å². The third-order valence-electron chi connectivity index (χ3n) is 6.03. The molecule has 0 saturated carbocycles. The first-order valence-corrected chi connectivity index (χ1v) is 11.3. The van der Waals surface area contributed by atoms with Crippen LogP contribution >= 0.6 is 0 Å². The number of halogens is 4. The van der Waals surface area contributed by atoms with Gasteiger partial charge in [-0.05, 0) is 36.4 Å². The highest BCUT2D eigenvalue weighted by Gasteiger charge is 2.36. The van der Waals surface area contributed by atoms with Gasteiger partial charge in [0.1, 0.15) is 18.1 Å². The number of amides is 2. The van der Waals surface area contributed by atoms with Crippen molar-refractivity contribution in [2.75, 3.05) is 20.7 Å². The van der Waals surface area contributed by atoms with Gasteiger partial charge in [-0.25, -0.2) is 9.40 Å². The molecular weight excluding hydrogens is 490 g/mol. The molecule has 0 fully saturated rings. The smallest absolute Gasteiger partial charge is 0.416 e. The predicted octanol–water partition coefficient (Wildman–Crippen LogP) is 5.30. The molecule has 4 rings (SSSR count). The first-order chi connectivity index (χ1) is 17.6. The Kier molecular flexibility index (Phi) is 7.28. The molecule has 1 aliphatic rings. The van der Waals surface area contributed by atoms with Crippen LogP contribution in [0.3, 0.4) is 0 Å². The number of hydrazone groups is 1. The molecule has 3 aromatic rings. The van der Waals surface area contributed by atoms with Gasteiger partial charge >= 0.3 is 6.18 Å². The molecule has 37 heavy (non-hydrogen) atoms. The fraction of sp³-hybridized carbons (Fsp3) is 0.222. The van der Waals surface area contributed by atoms with Gasteiger partial charge in [0, 0.05) is 30.2 Å². The number of ether oxygens (including phenoxy) is 1. The molecule has 3 aromatic carbocycles. The van der Waals surface area contributed by atoms with Gasteiger partial charge in [-0.3, -0.25) is 9.59 Å². The maximum Gasteiger partial charge on any atom is 0.416 e. The summed E-state index contributed by atoms with van der Waals surface area (Å²) in [6, 6.07) is 16.3. The molecule has 0 aliphatic carbocycles. The standard InChI is InChI=1S/C27H23F4N3O3/c1-33(26(36)17-11-13-18(14-12-17)27(29,30)31)16-25(35)34-23(20-8-4-6-10-24(20)37-2)15-22(32-34)19-7-3-5-9-21(19)28/h3-14,23H,15-16H2,1-2H3. The van der Waals surface area contributed by atoms with Crippen molar-refractivity contribution in [3.05, 3.63) is 101 Å². The molecule has 1 heterocycles. The molecule has 0 aromatic heterocycles. The van der Waals surface area contributed by atoms with E-state index in [-0.39, 0.29) is 17.5 Å². The van der Waals surface area contributed by atoms with Crippen molar-refractivity contribution in [3.8, 4) is 5.75 Å². The quantitative estimate of drug-likeness (QED) is 0.420.